The Kier molecular flexibility index (Phi) is 6.47. The second kappa shape index (κ2) is 8.19. The summed E-state index contributed by atoms with van der Waals surface area (Å²) in [6, 6.07) is 7.24. The summed E-state index contributed by atoms with van der Waals surface area (Å²) in [6.07, 6.45) is 3.21. The molecule has 1 aliphatic carbocycles. The lowest BCUT2D eigenvalue weighted by Gasteiger charge is -2.23. The highest BCUT2D eigenvalue weighted by Crippen LogP contribution is 2.58. The van der Waals surface area contributed by atoms with E-state index in [4.69, 9.17) is 0 Å². The van der Waals surface area contributed by atoms with Gasteiger partial charge in [0.15, 0.2) is 0 Å². The van der Waals surface area contributed by atoms with Gasteiger partial charge in [-0.25, -0.2) is 0 Å². The zero-order chi connectivity index (χ0) is 17.2. The Hall–Kier alpha value is -1.59. The van der Waals surface area contributed by atoms with Gasteiger partial charge in [0.25, 0.3) is 5.91 Å². The largest absolute Gasteiger partial charge is 0.339 e. The van der Waals surface area contributed by atoms with Crippen LogP contribution in [0.1, 0.15) is 43.5 Å². The molecule has 5 nitrogen and oxygen atoms in total. The molecule has 1 heterocycles. The summed E-state index contributed by atoms with van der Waals surface area (Å²) >= 11 is 0. The van der Waals surface area contributed by atoms with E-state index < -0.39 is 0 Å². The molecular formula is C19H28ClN3O2. The van der Waals surface area contributed by atoms with Gasteiger partial charge in [-0.2, -0.15) is 0 Å². The molecule has 1 aromatic rings. The molecule has 1 aromatic carbocycles. The molecule has 2 fully saturated rings. The van der Waals surface area contributed by atoms with Crippen LogP contribution < -0.4 is 10.6 Å². The maximum atomic E-state index is 12.5. The number of anilines is 1. The van der Waals surface area contributed by atoms with E-state index in [0.29, 0.717) is 18.7 Å². The summed E-state index contributed by atoms with van der Waals surface area (Å²) < 4.78 is 0. The second-order valence-corrected chi connectivity index (χ2v) is 6.91. The van der Waals surface area contributed by atoms with Gasteiger partial charge in [-0.1, -0.05) is 0 Å². The third-order valence-corrected chi connectivity index (χ3v) is 5.56. The number of carbonyl (C=O) groups is 2. The average molecular weight is 366 g/mol. The molecule has 1 atom stereocenters. The third kappa shape index (κ3) is 4.15. The molecule has 2 amide bonds. The summed E-state index contributed by atoms with van der Waals surface area (Å²) in [4.78, 5) is 26.5. The Morgan fingerprint density at radius 2 is 1.76 bits per heavy atom. The normalized spacial score (nSPS) is 20.5. The molecule has 1 saturated heterocycles. The molecule has 1 unspecified atom stereocenters. The summed E-state index contributed by atoms with van der Waals surface area (Å²) in [7, 11) is 0. The molecule has 1 spiro atoms. The number of rotatable bonds is 5. The minimum absolute atomic E-state index is 0. The number of carbonyl (C=O) groups excluding carboxylic acids is 2. The number of hydrogen-bond acceptors (Lipinski definition) is 3. The predicted octanol–water partition coefficient (Wildman–Crippen LogP) is 2.92. The molecule has 6 heteroatoms. The highest BCUT2D eigenvalue weighted by atomic mass is 35.5. The van der Waals surface area contributed by atoms with Crippen molar-refractivity contribution in [2.75, 3.05) is 31.5 Å². The van der Waals surface area contributed by atoms with Crippen LogP contribution in [0.2, 0.25) is 0 Å². The fourth-order valence-electron chi connectivity index (χ4n) is 3.81. The van der Waals surface area contributed by atoms with E-state index >= 15 is 0 Å². The van der Waals surface area contributed by atoms with Gasteiger partial charge in [0.2, 0.25) is 5.91 Å². The van der Waals surface area contributed by atoms with Crippen LogP contribution in [-0.2, 0) is 4.79 Å². The first-order valence-corrected chi connectivity index (χ1v) is 9.00. The van der Waals surface area contributed by atoms with Gasteiger partial charge in [-0.15, -0.1) is 12.4 Å². The topological polar surface area (TPSA) is 61.4 Å². The van der Waals surface area contributed by atoms with Gasteiger partial charge in [0.05, 0.1) is 0 Å². The summed E-state index contributed by atoms with van der Waals surface area (Å²) in [5, 5.41) is 6.37. The van der Waals surface area contributed by atoms with Gasteiger partial charge < -0.3 is 15.5 Å². The minimum Gasteiger partial charge on any atom is -0.339 e. The van der Waals surface area contributed by atoms with E-state index in [2.05, 4.69) is 10.6 Å². The molecule has 0 bridgehead atoms. The van der Waals surface area contributed by atoms with Gasteiger partial charge in [-0.05, 0) is 75.9 Å². The molecule has 1 saturated carbocycles. The number of piperidine rings is 1. The van der Waals surface area contributed by atoms with Crippen LogP contribution in [0.25, 0.3) is 0 Å². The van der Waals surface area contributed by atoms with Crippen LogP contribution >= 0.6 is 12.4 Å². The molecule has 0 aromatic heterocycles. The molecular weight excluding hydrogens is 338 g/mol. The van der Waals surface area contributed by atoms with Gasteiger partial charge in [0.1, 0.15) is 0 Å². The fourth-order valence-corrected chi connectivity index (χ4v) is 3.81. The highest BCUT2D eigenvalue weighted by molar-refractivity contribution is 5.97. The van der Waals surface area contributed by atoms with Crippen LogP contribution in [0.4, 0.5) is 5.69 Å². The summed E-state index contributed by atoms with van der Waals surface area (Å²) in [5.41, 5.74) is 1.68. The van der Waals surface area contributed by atoms with Crippen LogP contribution in [0.3, 0.4) is 0 Å². The second-order valence-electron chi connectivity index (χ2n) is 6.91. The summed E-state index contributed by atoms with van der Waals surface area (Å²) in [6.45, 7) is 7.39. The van der Waals surface area contributed by atoms with Crippen molar-refractivity contribution in [1.82, 2.24) is 10.2 Å². The van der Waals surface area contributed by atoms with Gasteiger partial charge in [-0.3, -0.25) is 9.59 Å². The van der Waals surface area contributed by atoms with E-state index in [1.54, 1.807) is 17.0 Å². The SMILES string of the molecule is CCN(CC)C(=O)c1ccc(NC(=O)C2CC23CCNCC3)cc1.Cl. The molecule has 2 N–H and O–H groups in total. The van der Waals surface area contributed by atoms with E-state index in [0.717, 1.165) is 38.0 Å². The first-order chi connectivity index (χ1) is 11.6. The Morgan fingerprint density at radius 1 is 1.16 bits per heavy atom. The van der Waals surface area contributed by atoms with Crippen LogP contribution in [0.5, 0.6) is 0 Å². The number of benzene rings is 1. The van der Waals surface area contributed by atoms with Crippen molar-refractivity contribution in [2.24, 2.45) is 11.3 Å². The van der Waals surface area contributed by atoms with Crippen LogP contribution in [-0.4, -0.2) is 42.9 Å². The zero-order valence-corrected chi connectivity index (χ0v) is 15.8. The fraction of sp³-hybridized carbons (Fsp3) is 0.579. The number of nitrogens with zero attached hydrogens (tertiary/aromatic N) is 1. The number of amides is 2. The molecule has 0 radical (unpaired) electrons. The van der Waals surface area contributed by atoms with Crippen LogP contribution in [0.15, 0.2) is 24.3 Å². The standard InChI is InChI=1S/C19H27N3O2.ClH/c1-3-22(4-2)18(24)14-5-7-15(8-6-14)21-17(23)16-13-19(16)9-11-20-12-10-19;/h5-8,16,20H,3-4,9-13H2,1-2H3,(H,21,23);1H. The van der Waals surface area contributed by atoms with Crippen molar-refractivity contribution in [2.45, 2.75) is 33.1 Å². The minimum atomic E-state index is 0. The maximum Gasteiger partial charge on any atom is 0.253 e. The van der Waals surface area contributed by atoms with E-state index in [-0.39, 0.29) is 35.6 Å². The lowest BCUT2D eigenvalue weighted by Crippen LogP contribution is -2.31. The van der Waals surface area contributed by atoms with Crippen molar-refractivity contribution in [3.63, 3.8) is 0 Å². The Labute approximate surface area is 155 Å². The lowest BCUT2D eigenvalue weighted by atomic mass is 9.92. The van der Waals surface area contributed by atoms with Gasteiger partial charge >= 0.3 is 0 Å². The number of nitrogens with one attached hydrogen (secondary N) is 2. The first-order valence-electron chi connectivity index (χ1n) is 9.00. The maximum absolute atomic E-state index is 12.5. The van der Waals surface area contributed by atoms with Crippen molar-refractivity contribution in [3.05, 3.63) is 29.8 Å². The lowest BCUT2D eigenvalue weighted by molar-refractivity contribution is -0.118. The predicted molar refractivity (Wildman–Crippen MR) is 102 cm³/mol. The zero-order valence-electron chi connectivity index (χ0n) is 15.0. The number of hydrogen-bond donors (Lipinski definition) is 2. The summed E-state index contributed by atoms with van der Waals surface area (Å²) in [5.74, 6) is 0.310. The van der Waals surface area contributed by atoms with Gasteiger partial charge in [0, 0.05) is 30.3 Å². The van der Waals surface area contributed by atoms with Crippen LogP contribution in [0, 0.1) is 11.3 Å². The highest BCUT2D eigenvalue weighted by Gasteiger charge is 2.57. The third-order valence-electron chi connectivity index (χ3n) is 5.56. The Morgan fingerprint density at radius 3 is 2.32 bits per heavy atom. The van der Waals surface area contributed by atoms with Crippen molar-refractivity contribution < 1.29 is 9.59 Å². The molecule has 138 valence electrons. The quantitative estimate of drug-likeness (QED) is 0.843. The van der Waals surface area contributed by atoms with Crippen molar-refractivity contribution in [3.8, 4) is 0 Å². The number of halogens is 1. The van der Waals surface area contributed by atoms with E-state index in [1.807, 2.05) is 26.0 Å². The Balaban J connectivity index is 0.00000225. The molecule has 1 aliphatic heterocycles. The smallest absolute Gasteiger partial charge is 0.253 e. The molecule has 25 heavy (non-hydrogen) atoms. The van der Waals surface area contributed by atoms with Crippen molar-refractivity contribution in [1.29, 1.82) is 0 Å². The molecule has 3 rings (SSSR count). The first kappa shape index (κ1) is 19.7. The van der Waals surface area contributed by atoms with E-state index in [1.165, 1.54) is 0 Å². The Bertz CT molecular complexity index is 608. The average Bonchev–Trinajstić information content (AvgIpc) is 3.30. The van der Waals surface area contributed by atoms with Crippen molar-refractivity contribution >= 4 is 29.9 Å². The van der Waals surface area contributed by atoms with E-state index in [9.17, 15) is 9.59 Å². The molecule has 2 aliphatic rings. The monoisotopic (exact) mass is 365 g/mol.